The van der Waals surface area contributed by atoms with Gasteiger partial charge in [-0.05, 0) is 19.1 Å². The van der Waals surface area contributed by atoms with Crippen molar-refractivity contribution in [3.05, 3.63) is 41.7 Å². The molecular formula is C11H11FN2O. The molecule has 0 radical (unpaired) electrons. The Morgan fingerprint density at radius 3 is 2.87 bits per heavy atom. The average molecular weight is 206 g/mol. The molecule has 2 rings (SSSR count). The van der Waals surface area contributed by atoms with Crippen LogP contribution < -0.4 is 5.73 Å². The fourth-order valence-corrected chi connectivity index (χ4v) is 1.44. The zero-order valence-electron chi connectivity index (χ0n) is 8.33. The standard InChI is InChI=1S/C11H11FN2O/c1-7-11(14-10(6-13)15-7)8-3-2-4-9(12)5-8/h2-5H,6,13H2,1H3. The smallest absolute Gasteiger partial charge is 0.208 e. The molecule has 2 N–H and O–H groups in total. The minimum absolute atomic E-state index is 0.246. The summed E-state index contributed by atoms with van der Waals surface area (Å²) in [6.07, 6.45) is 0. The van der Waals surface area contributed by atoms with Crippen LogP contribution >= 0.6 is 0 Å². The molecule has 0 saturated carbocycles. The third kappa shape index (κ3) is 1.89. The number of halogens is 1. The highest BCUT2D eigenvalue weighted by Crippen LogP contribution is 2.23. The number of aromatic nitrogens is 1. The first-order valence-corrected chi connectivity index (χ1v) is 4.63. The van der Waals surface area contributed by atoms with Crippen LogP contribution in [0.25, 0.3) is 11.3 Å². The largest absolute Gasteiger partial charge is 0.444 e. The Balaban J connectivity index is 2.48. The van der Waals surface area contributed by atoms with Crippen LogP contribution in [0.4, 0.5) is 4.39 Å². The van der Waals surface area contributed by atoms with Gasteiger partial charge < -0.3 is 10.2 Å². The van der Waals surface area contributed by atoms with Crippen LogP contribution in [-0.2, 0) is 6.54 Å². The Hall–Kier alpha value is -1.68. The summed E-state index contributed by atoms with van der Waals surface area (Å²) in [5.41, 5.74) is 6.76. The van der Waals surface area contributed by atoms with Gasteiger partial charge in [-0.2, -0.15) is 0 Å². The van der Waals surface area contributed by atoms with Crippen molar-refractivity contribution in [3.63, 3.8) is 0 Å². The van der Waals surface area contributed by atoms with E-state index in [4.69, 9.17) is 10.2 Å². The number of oxazole rings is 1. The number of aryl methyl sites for hydroxylation is 1. The monoisotopic (exact) mass is 206 g/mol. The normalized spacial score (nSPS) is 10.6. The fraction of sp³-hybridized carbons (Fsp3) is 0.182. The van der Waals surface area contributed by atoms with Gasteiger partial charge in [0.15, 0.2) is 0 Å². The van der Waals surface area contributed by atoms with E-state index < -0.39 is 0 Å². The molecule has 2 aromatic rings. The van der Waals surface area contributed by atoms with Crippen molar-refractivity contribution >= 4 is 0 Å². The highest BCUT2D eigenvalue weighted by Gasteiger charge is 2.10. The second kappa shape index (κ2) is 3.82. The Morgan fingerprint density at radius 2 is 2.27 bits per heavy atom. The third-order valence-electron chi connectivity index (χ3n) is 2.11. The minimum Gasteiger partial charge on any atom is -0.444 e. The van der Waals surface area contributed by atoms with E-state index in [1.807, 2.05) is 0 Å². The summed E-state index contributed by atoms with van der Waals surface area (Å²) in [5, 5.41) is 0. The molecule has 0 unspecified atom stereocenters. The Kier molecular flexibility index (Phi) is 2.51. The molecule has 1 aromatic heterocycles. The lowest BCUT2D eigenvalue weighted by Gasteiger charge is -1.96. The maximum Gasteiger partial charge on any atom is 0.208 e. The van der Waals surface area contributed by atoms with Crippen LogP contribution in [0.15, 0.2) is 28.7 Å². The van der Waals surface area contributed by atoms with E-state index in [1.165, 1.54) is 12.1 Å². The lowest BCUT2D eigenvalue weighted by Crippen LogP contribution is -1.95. The van der Waals surface area contributed by atoms with Crippen molar-refractivity contribution in [2.45, 2.75) is 13.5 Å². The fourth-order valence-electron chi connectivity index (χ4n) is 1.44. The van der Waals surface area contributed by atoms with Crippen LogP contribution in [0.3, 0.4) is 0 Å². The molecule has 0 saturated heterocycles. The first kappa shape index (κ1) is 9.86. The number of nitrogens with two attached hydrogens (primary N) is 1. The summed E-state index contributed by atoms with van der Waals surface area (Å²) >= 11 is 0. The highest BCUT2D eigenvalue weighted by molar-refractivity contribution is 5.60. The van der Waals surface area contributed by atoms with E-state index in [9.17, 15) is 4.39 Å². The van der Waals surface area contributed by atoms with Gasteiger partial charge >= 0.3 is 0 Å². The molecule has 1 aromatic carbocycles. The van der Waals surface area contributed by atoms with E-state index in [-0.39, 0.29) is 12.4 Å². The molecule has 0 spiro atoms. The molecule has 0 fully saturated rings. The summed E-state index contributed by atoms with van der Waals surface area (Å²) in [7, 11) is 0. The van der Waals surface area contributed by atoms with Crippen LogP contribution in [0.2, 0.25) is 0 Å². The molecule has 0 amide bonds. The van der Waals surface area contributed by atoms with Gasteiger partial charge in [-0.3, -0.25) is 0 Å². The summed E-state index contributed by atoms with van der Waals surface area (Å²) in [5.74, 6) is 0.831. The maximum atomic E-state index is 13.0. The Labute approximate surface area is 86.7 Å². The van der Waals surface area contributed by atoms with E-state index >= 15 is 0 Å². The molecule has 1 heterocycles. The number of nitrogens with zero attached hydrogens (tertiary/aromatic N) is 1. The highest BCUT2D eigenvalue weighted by atomic mass is 19.1. The number of benzene rings is 1. The van der Waals surface area contributed by atoms with Gasteiger partial charge in [0.2, 0.25) is 5.89 Å². The zero-order valence-corrected chi connectivity index (χ0v) is 8.33. The van der Waals surface area contributed by atoms with Crippen LogP contribution in [0.1, 0.15) is 11.7 Å². The molecule has 15 heavy (non-hydrogen) atoms. The lowest BCUT2D eigenvalue weighted by atomic mass is 10.1. The predicted molar refractivity (Wildman–Crippen MR) is 54.5 cm³/mol. The number of rotatable bonds is 2. The Morgan fingerprint density at radius 1 is 1.47 bits per heavy atom. The first-order chi connectivity index (χ1) is 7.20. The SMILES string of the molecule is Cc1oc(CN)nc1-c1cccc(F)c1. The average Bonchev–Trinajstić information content (AvgIpc) is 2.60. The molecule has 0 bridgehead atoms. The zero-order chi connectivity index (χ0) is 10.8. The van der Waals surface area contributed by atoms with E-state index in [0.717, 1.165) is 0 Å². The van der Waals surface area contributed by atoms with Crippen molar-refractivity contribution in [2.75, 3.05) is 0 Å². The van der Waals surface area contributed by atoms with Crippen molar-refractivity contribution in [2.24, 2.45) is 5.73 Å². The summed E-state index contributed by atoms with van der Waals surface area (Å²) < 4.78 is 18.3. The van der Waals surface area contributed by atoms with Gasteiger partial charge in [0.1, 0.15) is 17.3 Å². The second-order valence-electron chi connectivity index (χ2n) is 3.23. The molecular weight excluding hydrogens is 195 g/mol. The van der Waals surface area contributed by atoms with Crippen LogP contribution in [-0.4, -0.2) is 4.98 Å². The molecule has 4 heteroatoms. The maximum absolute atomic E-state index is 13.0. The predicted octanol–water partition coefficient (Wildman–Crippen LogP) is 2.25. The van der Waals surface area contributed by atoms with Gasteiger partial charge in [-0.15, -0.1) is 0 Å². The Bertz CT molecular complexity index is 479. The molecule has 0 aliphatic rings. The minimum atomic E-state index is -0.288. The van der Waals surface area contributed by atoms with Crippen molar-refractivity contribution in [3.8, 4) is 11.3 Å². The molecule has 0 aliphatic carbocycles. The molecule has 3 nitrogen and oxygen atoms in total. The topological polar surface area (TPSA) is 52.0 Å². The van der Waals surface area contributed by atoms with E-state index in [2.05, 4.69) is 4.98 Å². The molecule has 0 atom stereocenters. The number of hydrogen-bond acceptors (Lipinski definition) is 3. The first-order valence-electron chi connectivity index (χ1n) is 4.63. The van der Waals surface area contributed by atoms with Gasteiger partial charge in [-0.1, -0.05) is 12.1 Å². The van der Waals surface area contributed by atoms with Crippen molar-refractivity contribution in [1.29, 1.82) is 0 Å². The summed E-state index contributed by atoms with van der Waals surface area (Å²) in [4.78, 5) is 4.18. The summed E-state index contributed by atoms with van der Waals surface area (Å²) in [6.45, 7) is 2.03. The second-order valence-corrected chi connectivity index (χ2v) is 3.23. The summed E-state index contributed by atoms with van der Waals surface area (Å²) in [6, 6.07) is 6.24. The van der Waals surface area contributed by atoms with Gasteiger partial charge in [0, 0.05) is 5.56 Å². The van der Waals surface area contributed by atoms with E-state index in [1.54, 1.807) is 19.1 Å². The van der Waals surface area contributed by atoms with E-state index in [0.29, 0.717) is 22.9 Å². The van der Waals surface area contributed by atoms with Crippen LogP contribution in [0, 0.1) is 12.7 Å². The van der Waals surface area contributed by atoms with Gasteiger partial charge in [0.25, 0.3) is 0 Å². The third-order valence-corrected chi connectivity index (χ3v) is 2.11. The lowest BCUT2D eigenvalue weighted by molar-refractivity contribution is 0.474. The van der Waals surface area contributed by atoms with Crippen molar-refractivity contribution in [1.82, 2.24) is 4.98 Å². The van der Waals surface area contributed by atoms with Gasteiger partial charge in [0.05, 0.1) is 6.54 Å². The number of hydrogen-bond donors (Lipinski definition) is 1. The van der Waals surface area contributed by atoms with Crippen LogP contribution in [0.5, 0.6) is 0 Å². The van der Waals surface area contributed by atoms with Gasteiger partial charge in [-0.25, -0.2) is 9.37 Å². The molecule has 78 valence electrons. The quantitative estimate of drug-likeness (QED) is 0.819. The molecule has 0 aliphatic heterocycles. The van der Waals surface area contributed by atoms with Crippen molar-refractivity contribution < 1.29 is 8.81 Å².